The van der Waals surface area contributed by atoms with Crippen molar-refractivity contribution in [2.45, 2.75) is 64.8 Å². The molecule has 4 atom stereocenters. The summed E-state index contributed by atoms with van der Waals surface area (Å²) in [6.07, 6.45) is 1.20. The number of carbonyl (C=O) groups excluding carboxylic acids is 1. The Labute approximate surface area is 103 Å². The van der Waals surface area contributed by atoms with Gasteiger partial charge in [0, 0.05) is 5.92 Å². The van der Waals surface area contributed by atoms with Gasteiger partial charge in [0.1, 0.15) is 5.60 Å². The molecule has 0 aromatic heterocycles. The van der Waals surface area contributed by atoms with Crippen molar-refractivity contribution in [1.82, 2.24) is 0 Å². The maximum atomic E-state index is 14.9. The molecule has 1 aliphatic rings. The summed E-state index contributed by atoms with van der Waals surface area (Å²) in [5.41, 5.74) is 3.11. The van der Waals surface area contributed by atoms with E-state index in [0.717, 1.165) is 0 Å². The predicted molar refractivity (Wildman–Crippen MR) is 65.2 cm³/mol. The van der Waals surface area contributed by atoms with Crippen molar-refractivity contribution < 1.29 is 13.9 Å². The number of alkyl halides is 1. The largest absolute Gasteiger partial charge is 0.458 e. The average Bonchev–Trinajstić information content (AvgIpc) is 2.10. The number of hydrogen-bond donors (Lipinski definition) is 1. The second-order valence-corrected chi connectivity index (χ2v) is 6.35. The Hall–Kier alpha value is -0.640. The molecule has 4 unspecified atom stereocenters. The number of hydrogen-bond acceptors (Lipinski definition) is 3. The summed E-state index contributed by atoms with van der Waals surface area (Å²) in [6.45, 7) is 8.96. The highest BCUT2D eigenvalue weighted by molar-refractivity contribution is 5.81. The molecule has 1 rings (SSSR count). The standard InChI is InChI=1S/C13H24FNO2/c1-8-6-9(2)13(14,10(15)7-8)11(16)17-12(3,4)5/h8-10H,6-7,15H2,1-5H3. The van der Waals surface area contributed by atoms with Gasteiger partial charge in [-0.2, -0.15) is 0 Å². The maximum Gasteiger partial charge on any atom is 0.346 e. The van der Waals surface area contributed by atoms with Crippen molar-refractivity contribution in [1.29, 1.82) is 0 Å². The van der Waals surface area contributed by atoms with Gasteiger partial charge in [0.25, 0.3) is 0 Å². The molecular weight excluding hydrogens is 221 g/mol. The van der Waals surface area contributed by atoms with E-state index in [9.17, 15) is 9.18 Å². The van der Waals surface area contributed by atoms with Gasteiger partial charge >= 0.3 is 5.97 Å². The monoisotopic (exact) mass is 245 g/mol. The van der Waals surface area contributed by atoms with Gasteiger partial charge in [0.15, 0.2) is 0 Å². The predicted octanol–water partition coefficient (Wildman–Crippen LogP) is 2.43. The first-order valence-corrected chi connectivity index (χ1v) is 6.25. The lowest BCUT2D eigenvalue weighted by Gasteiger charge is -2.42. The van der Waals surface area contributed by atoms with E-state index >= 15 is 0 Å². The normalized spacial score (nSPS) is 38.9. The van der Waals surface area contributed by atoms with E-state index in [1.165, 1.54) is 0 Å². The van der Waals surface area contributed by atoms with E-state index in [2.05, 4.69) is 0 Å². The fourth-order valence-corrected chi connectivity index (χ4v) is 2.55. The van der Waals surface area contributed by atoms with E-state index < -0.39 is 29.2 Å². The highest BCUT2D eigenvalue weighted by atomic mass is 19.1. The summed E-state index contributed by atoms with van der Waals surface area (Å²) >= 11 is 0. The third-order valence-electron chi connectivity index (χ3n) is 3.38. The molecular formula is C13H24FNO2. The van der Waals surface area contributed by atoms with Crippen LogP contribution in [-0.2, 0) is 9.53 Å². The molecule has 1 saturated carbocycles. The molecule has 0 bridgehead atoms. The molecule has 17 heavy (non-hydrogen) atoms. The summed E-state index contributed by atoms with van der Waals surface area (Å²) in [7, 11) is 0. The second kappa shape index (κ2) is 4.56. The first-order valence-electron chi connectivity index (χ1n) is 6.25. The van der Waals surface area contributed by atoms with E-state index in [-0.39, 0.29) is 0 Å². The fraction of sp³-hybridized carbons (Fsp3) is 0.923. The molecule has 4 heteroatoms. The van der Waals surface area contributed by atoms with Crippen LogP contribution in [0.15, 0.2) is 0 Å². The molecule has 0 heterocycles. The Kier molecular flexibility index (Phi) is 3.87. The Morgan fingerprint density at radius 2 is 1.88 bits per heavy atom. The van der Waals surface area contributed by atoms with Crippen molar-refractivity contribution >= 4 is 5.97 Å². The molecule has 3 nitrogen and oxygen atoms in total. The van der Waals surface area contributed by atoms with Crippen LogP contribution in [0.4, 0.5) is 4.39 Å². The van der Waals surface area contributed by atoms with E-state index in [4.69, 9.17) is 10.5 Å². The van der Waals surface area contributed by atoms with Gasteiger partial charge in [0.05, 0.1) is 6.04 Å². The minimum atomic E-state index is -2.04. The number of esters is 1. The van der Waals surface area contributed by atoms with Crippen molar-refractivity contribution in [3.8, 4) is 0 Å². The molecule has 0 aromatic rings. The van der Waals surface area contributed by atoms with Gasteiger partial charge in [-0.05, 0) is 39.5 Å². The van der Waals surface area contributed by atoms with E-state index in [0.29, 0.717) is 18.8 Å². The maximum absolute atomic E-state index is 14.9. The third-order valence-corrected chi connectivity index (χ3v) is 3.38. The third kappa shape index (κ3) is 2.97. The number of carbonyl (C=O) groups is 1. The van der Waals surface area contributed by atoms with Crippen LogP contribution in [0.25, 0.3) is 0 Å². The molecule has 0 saturated heterocycles. The second-order valence-electron chi connectivity index (χ2n) is 6.35. The minimum absolute atomic E-state index is 0.353. The Morgan fingerprint density at radius 1 is 1.35 bits per heavy atom. The van der Waals surface area contributed by atoms with Crippen LogP contribution in [0.1, 0.15) is 47.5 Å². The lowest BCUT2D eigenvalue weighted by molar-refractivity contribution is -0.178. The van der Waals surface area contributed by atoms with Gasteiger partial charge in [-0.1, -0.05) is 13.8 Å². The van der Waals surface area contributed by atoms with Gasteiger partial charge < -0.3 is 10.5 Å². The number of halogens is 1. The number of ether oxygens (including phenoxy) is 1. The van der Waals surface area contributed by atoms with Gasteiger partial charge in [-0.15, -0.1) is 0 Å². The van der Waals surface area contributed by atoms with Crippen molar-refractivity contribution in [2.75, 3.05) is 0 Å². The number of rotatable bonds is 1. The van der Waals surface area contributed by atoms with Crippen LogP contribution in [0.2, 0.25) is 0 Å². The summed E-state index contributed by atoms with van der Waals surface area (Å²) in [5, 5.41) is 0. The number of nitrogens with two attached hydrogens (primary N) is 1. The molecule has 0 aromatic carbocycles. The SMILES string of the molecule is CC1CC(C)C(F)(C(=O)OC(C)(C)C)C(N)C1. The lowest BCUT2D eigenvalue weighted by atomic mass is 9.70. The van der Waals surface area contributed by atoms with Crippen molar-refractivity contribution in [2.24, 2.45) is 17.6 Å². The quantitative estimate of drug-likeness (QED) is 0.722. The van der Waals surface area contributed by atoms with E-state index in [1.807, 2.05) is 6.92 Å². The van der Waals surface area contributed by atoms with Crippen LogP contribution in [0.3, 0.4) is 0 Å². The fourth-order valence-electron chi connectivity index (χ4n) is 2.55. The van der Waals surface area contributed by atoms with Gasteiger partial charge in [0.2, 0.25) is 5.67 Å². The highest BCUT2D eigenvalue weighted by Gasteiger charge is 2.54. The highest BCUT2D eigenvalue weighted by Crippen LogP contribution is 2.40. The van der Waals surface area contributed by atoms with Crippen molar-refractivity contribution in [3.05, 3.63) is 0 Å². The average molecular weight is 245 g/mol. The minimum Gasteiger partial charge on any atom is -0.458 e. The molecule has 0 amide bonds. The Balaban J connectivity index is 2.88. The van der Waals surface area contributed by atoms with Crippen LogP contribution in [0, 0.1) is 11.8 Å². The summed E-state index contributed by atoms with van der Waals surface area (Å²) in [4.78, 5) is 12.0. The summed E-state index contributed by atoms with van der Waals surface area (Å²) < 4.78 is 20.0. The van der Waals surface area contributed by atoms with Crippen LogP contribution in [0.5, 0.6) is 0 Å². The van der Waals surface area contributed by atoms with E-state index in [1.54, 1.807) is 27.7 Å². The molecule has 0 spiro atoms. The molecule has 100 valence electrons. The zero-order valence-corrected chi connectivity index (χ0v) is 11.4. The smallest absolute Gasteiger partial charge is 0.346 e. The molecule has 0 aliphatic heterocycles. The summed E-state index contributed by atoms with van der Waals surface area (Å²) in [5.74, 6) is -0.848. The van der Waals surface area contributed by atoms with Crippen LogP contribution >= 0.6 is 0 Å². The van der Waals surface area contributed by atoms with Crippen LogP contribution < -0.4 is 5.73 Å². The molecule has 1 aliphatic carbocycles. The van der Waals surface area contributed by atoms with Gasteiger partial charge in [-0.25, -0.2) is 9.18 Å². The molecule has 1 fully saturated rings. The zero-order chi connectivity index (χ0) is 13.4. The van der Waals surface area contributed by atoms with Crippen molar-refractivity contribution in [3.63, 3.8) is 0 Å². The molecule has 2 N–H and O–H groups in total. The molecule has 0 radical (unpaired) electrons. The lowest BCUT2D eigenvalue weighted by Crippen LogP contribution is -2.59. The summed E-state index contributed by atoms with van der Waals surface area (Å²) in [6, 6.07) is -0.768. The first-order chi connectivity index (χ1) is 7.57. The Bertz CT molecular complexity index is 286. The first kappa shape index (κ1) is 14.4. The topological polar surface area (TPSA) is 52.3 Å². The van der Waals surface area contributed by atoms with Gasteiger partial charge in [-0.3, -0.25) is 0 Å². The van der Waals surface area contributed by atoms with Crippen LogP contribution in [-0.4, -0.2) is 23.3 Å². The Morgan fingerprint density at radius 3 is 2.29 bits per heavy atom. The zero-order valence-electron chi connectivity index (χ0n) is 11.4.